The molecule has 1 aromatic carbocycles. The van der Waals surface area contributed by atoms with Crippen LogP contribution in [0.2, 0.25) is 0 Å². The fraction of sp³-hybridized carbons (Fsp3) is 0.696. The van der Waals surface area contributed by atoms with E-state index in [-0.39, 0.29) is 11.5 Å². The average molecular weight is 402 g/mol. The summed E-state index contributed by atoms with van der Waals surface area (Å²) in [6, 6.07) is 3.25. The third-order valence-corrected chi connectivity index (χ3v) is 8.99. The van der Waals surface area contributed by atoms with Gasteiger partial charge in [-0.1, -0.05) is 0 Å². The van der Waals surface area contributed by atoms with Crippen molar-refractivity contribution in [3.63, 3.8) is 0 Å². The zero-order valence-corrected chi connectivity index (χ0v) is 17.0. The molecule has 3 nitrogen and oxygen atoms in total. The van der Waals surface area contributed by atoms with Crippen LogP contribution in [0.25, 0.3) is 0 Å². The smallest absolute Gasteiger partial charge is 0.264 e. The van der Waals surface area contributed by atoms with Crippen LogP contribution in [0.4, 0.5) is 4.39 Å². The molecule has 0 saturated heterocycles. The molecular formula is C23H28FNO2S. The van der Waals surface area contributed by atoms with E-state index in [4.69, 9.17) is 4.74 Å². The molecule has 0 heterocycles. The van der Waals surface area contributed by atoms with Crippen LogP contribution in [-0.4, -0.2) is 17.8 Å². The average Bonchev–Trinajstić information content (AvgIpc) is 3.58. The number of halogens is 1. The quantitative estimate of drug-likeness (QED) is 0.618. The Morgan fingerprint density at radius 3 is 2.57 bits per heavy atom. The van der Waals surface area contributed by atoms with Crippen LogP contribution in [0.1, 0.15) is 79.6 Å². The molecule has 0 aromatic heterocycles. The first kappa shape index (κ1) is 17.6. The van der Waals surface area contributed by atoms with Crippen molar-refractivity contribution in [3.8, 4) is 5.75 Å². The Balaban J connectivity index is 1.21. The minimum Gasteiger partial charge on any atom is -0.493 e. The number of hydrogen-bond acceptors (Lipinski definition) is 3. The van der Waals surface area contributed by atoms with E-state index >= 15 is 0 Å². The summed E-state index contributed by atoms with van der Waals surface area (Å²) in [4.78, 5) is 12.4. The van der Waals surface area contributed by atoms with Crippen molar-refractivity contribution in [2.24, 2.45) is 23.2 Å². The minimum atomic E-state index is -0.456. The summed E-state index contributed by atoms with van der Waals surface area (Å²) in [7, 11) is 0. The Morgan fingerprint density at radius 1 is 1.14 bits per heavy atom. The number of rotatable bonds is 7. The van der Waals surface area contributed by atoms with Crippen LogP contribution in [0.3, 0.4) is 0 Å². The molecule has 150 valence electrons. The zero-order valence-electron chi connectivity index (χ0n) is 16.2. The number of ether oxygens (including phenoxy) is 1. The van der Waals surface area contributed by atoms with Crippen molar-refractivity contribution in [1.29, 1.82) is 0 Å². The maximum absolute atomic E-state index is 14.8. The fourth-order valence-corrected chi connectivity index (χ4v) is 7.14. The summed E-state index contributed by atoms with van der Waals surface area (Å²) >= 11 is 1.43. The van der Waals surface area contributed by atoms with Gasteiger partial charge in [0.1, 0.15) is 11.6 Å². The lowest BCUT2D eigenvalue weighted by atomic mass is 9.76. The number of amides is 1. The van der Waals surface area contributed by atoms with Gasteiger partial charge in [0.15, 0.2) is 0 Å². The van der Waals surface area contributed by atoms with Crippen LogP contribution >= 0.6 is 11.9 Å². The van der Waals surface area contributed by atoms with Crippen LogP contribution in [-0.2, 0) is 0 Å². The summed E-state index contributed by atoms with van der Waals surface area (Å²) in [5.74, 6) is 2.96. The van der Waals surface area contributed by atoms with Gasteiger partial charge in [0.05, 0.1) is 12.2 Å². The molecule has 1 aromatic rings. The van der Waals surface area contributed by atoms with Crippen molar-refractivity contribution < 1.29 is 13.9 Å². The van der Waals surface area contributed by atoms with Gasteiger partial charge in [0.25, 0.3) is 5.91 Å². The van der Waals surface area contributed by atoms with Crippen LogP contribution < -0.4 is 9.46 Å². The highest BCUT2D eigenvalue weighted by Gasteiger charge is 2.58. The Kier molecular flexibility index (Phi) is 4.02. The highest BCUT2D eigenvalue weighted by Crippen LogP contribution is 2.65. The van der Waals surface area contributed by atoms with Gasteiger partial charge in [-0.2, -0.15) is 0 Å². The van der Waals surface area contributed by atoms with Crippen molar-refractivity contribution in [1.82, 2.24) is 4.72 Å². The molecule has 2 atom stereocenters. The molecule has 6 saturated carbocycles. The van der Waals surface area contributed by atoms with Crippen LogP contribution in [0.15, 0.2) is 12.1 Å². The van der Waals surface area contributed by atoms with E-state index in [1.807, 2.05) is 0 Å². The molecular weight excluding hydrogens is 373 g/mol. The fourth-order valence-electron chi connectivity index (χ4n) is 6.38. The zero-order chi connectivity index (χ0) is 18.9. The highest BCUT2D eigenvalue weighted by atomic mass is 32.2. The predicted molar refractivity (Wildman–Crippen MR) is 108 cm³/mol. The first-order chi connectivity index (χ1) is 13.6. The predicted octanol–water partition coefficient (Wildman–Crippen LogP) is 5.45. The van der Waals surface area contributed by atoms with Gasteiger partial charge < -0.3 is 4.74 Å². The Bertz CT molecular complexity index is 805. The van der Waals surface area contributed by atoms with Crippen LogP contribution in [0.5, 0.6) is 5.75 Å². The van der Waals surface area contributed by atoms with Gasteiger partial charge in [-0.25, -0.2) is 4.39 Å². The molecule has 5 heteroatoms. The Labute approximate surface area is 170 Å². The van der Waals surface area contributed by atoms with E-state index in [1.165, 1.54) is 50.1 Å². The molecule has 6 fully saturated rings. The third kappa shape index (κ3) is 3.05. The molecule has 1 amide bonds. The summed E-state index contributed by atoms with van der Waals surface area (Å²) in [5.41, 5.74) is 1.54. The lowest BCUT2D eigenvalue weighted by molar-refractivity contribution is 0.0978. The molecule has 4 bridgehead atoms. The SMILES string of the molecule is O=C(NSC1CC1)c1cc(C2CC2)c(OCC23CC4CC(CC2C4)C3)cc1F. The summed E-state index contributed by atoms with van der Waals surface area (Å²) < 4.78 is 24.0. The third-order valence-electron chi connectivity index (χ3n) is 7.88. The number of nitrogens with one attached hydrogen (secondary N) is 1. The highest BCUT2D eigenvalue weighted by molar-refractivity contribution is 7.98. The van der Waals surface area contributed by atoms with Gasteiger partial charge in [-0.05, 0) is 105 Å². The maximum Gasteiger partial charge on any atom is 0.264 e. The molecule has 0 aliphatic heterocycles. The number of benzene rings is 1. The second-order valence-corrected chi connectivity index (χ2v) is 11.2. The molecule has 7 rings (SSSR count). The first-order valence-electron chi connectivity index (χ1n) is 11.0. The van der Waals surface area contributed by atoms with Crippen molar-refractivity contribution in [2.75, 3.05) is 6.61 Å². The molecule has 2 unspecified atom stereocenters. The van der Waals surface area contributed by atoms with Gasteiger partial charge in [0, 0.05) is 16.7 Å². The number of carbonyl (C=O) groups is 1. The minimum absolute atomic E-state index is 0.168. The Morgan fingerprint density at radius 2 is 1.89 bits per heavy atom. The normalized spacial score (nSPS) is 35.4. The van der Waals surface area contributed by atoms with E-state index in [0.29, 0.717) is 22.3 Å². The van der Waals surface area contributed by atoms with E-state index in [0.717, 1.165) is 55.6 Å². The second kappa shape index (κ2) is 6.38. The summed E-state index contributed by atoms with van der Waals surface area (Å²) in [6.45, 7) is 0.729. The summed E-state index contributed by atoms with van der Waals surface area (Å²) in [5, 5.41) is 0.508. The van der Waals surface area contributed by atoms with E-state index in [2.05, 4.69) is 4.72 Å². The van der Waals surface area contributed by atoms with E-state index < -0.39 is 5.82 Å². The second-order valence-electron chi connectivity index (χ2n) is 10.1. The van der Waals surface area contributed by atoms with Crippen LogP contribution in [0, 0.1) is 29.0 Å². The topological polar surface area (TPSA) is 38.3 Å². The molecule has 6 aliphatic rings. The van der Waals surface area contributed by atoms with E-state index in [9.17, 15) is 9.18 Å². The first-order valence-corrected chi connectivity index (χ1v) is 11.9. The van der Waals surface area contributed by atoms with Crippen molar-refractivity contribution in [3.05, 3.63) is 29.1 Å². The van der Waals surface area contributed by atoms with Gasteiger partial charge in [-0.3, -0.25) is 9.52 Å². The number of hydrogen-bond donors (Lipinski definition) is 1. The van der Waals surface area contributed by atoms with Gasteiger partial charge in [-0.15, -0.1) is 0 Å². The molecule has 28 heavy (non-hydrogen) atoms. The maximum atomic E-state index is 14.8. The molecule has 1 N–H and O–H groups in total. The van der Waals surface area contributed by atoms with Crippen molar-refractivity contribution >= 4 is 17.9 Å². The van der Waals surface area contributed by atoms with Crippen molar-refractivity contribution in [2.45, 2.75) is 69.0 Å². The Hall–Kier alpha value is -1.23. The molecule has 0 radical (unpaired) electrons. The number of carbonyl (C=O) groups excluding carboxylic acids is 1. The molecule has 0 spiro atoms. The van der Waals surface area contributed by atoms with Gasteiger partial charge in [0.2, 0.25) is 0 Å². The standard InChI is InChI=1S/C23H28FNO2S/c24-20-9-21(27-12-23-10-13-5-14(11-23)7-16(23)6-13)18(15-1-2-15)8-19(20)22(26)25-28-17-3-4-17/h8-9,13-17H,1-7,10-12H2,(H,25,26). The molecule has 6 aliphatic carbocycles. The largest absolute Gasteiger partial charge is 0.493 e. The summed E-state index contributed by atoms with van der Waals surface area (Å²) in [6.07, 6.45) is 11.3. The lowest BCUT2D eigenvalue weighted by Gasteiger charge is -2.33. The van der Waals surface area contributed by atoms with Gasteiger partial charge >= 0.3 is 0 Å². The monoisotopic (exact) mass is 401 g/mol. The lowest BCUT2D eigenvalue weighted by Crippen LogP contribution is -2.30. The van der Waals surface area contributed by atoms with E-state index in [1.54, 1.807) is 6.07 Å².